The molecule has 0 spiro atoms. The molecule has 0 aromatic heterocycles. The topological polar surface area (TPSA) is 73.0 Å². The zero-order valence-electron chi connectivity index (χ0n) is 14.2. The lowest BCUT2D eigenvalue weighted by Crippen LogP contribution is -2.58. The fourth-order valence-corrected chi connectivity index (χ4v) is 3.61. The van der Waals surface area contributed by atoms with Gasteiger partial charge in [-0.2, -0.15) is 0 Å². The monoisotopic (exact) mass is 364 g/mol. The maximum absolute atomic E-state index is 12.5. The van der Waals surface area contributed by atoms with Crippen LogP contribution in [0.1, 0.15) is 12.5 Å². The van der Waals surface area contributed by atoms with Gasteiger partial charge in [0.05, 0.1) is 6.04 Å². The van der Waals surface area contributed by atoms with E-state index in [4.69, 9.17) is 11.6 Å². The van der Waals surface area contributed by atoms with Gasteiger partial charge in [-0.15, -0.1) is 0 Å². The van der Waals surface area contributed by atoms with Crippen LogP contribution in [0.25, 0.3) is 0 Å². The van der Waals surface area contributed by atoms with Crippen molar-refractivity contribution >= 4 is 29.4 Å². The first-order valence-electron chi connectivity index (χ1n) is 8.21. The van der Waals surface area contributed by atoms with Crippen molar-refractivity contribution in [2.45, 2.75) is 25.6 Å². The second-order valence-corrected chi connectivity index (χ2v) is 6.89. The average Bonchev–Trinajstić information content (AvgIpc) is 2.87. The fourth-order valence-electron chi connectivity index (χ4n) is 3.41. The molecule has 2 saturated heterocycles. The van der Waals surface area contributed by atoms with Gasteiger partial charge in [-0.1, -0.05) is 29.8 Å². The molecule has 7 nitrogen and oxygen atoms in total. The van der Waals surface area contributed by atoms with E-state index in [9.17, 15) is 14.4 Å². The van der Waals surface area contributed by atoms with Crippen molar-refractivity contribution < 1.29 is 14.4 Å². The fraction of sp³-hybridized carbons (Fsp3) is 0.471. The second-order valence-electron chi connectivity index (χ2n) is 6.49. The van der Waals surface area contributed by atoms with Gasteiger partial charge in [-0.05, 0) is 18.6 Å². The summed E-state index contributed by atoms with van der Waals surface area (Å²) in [5.74, 6) is -0.324. The molecule has 1 N–H and O–H groups in total. The number of nitrogens with one attached hydrogen (secondary N) is 1. The van der Waals surface area contributed by atoms with Gasteiger partial charge in [-0.25, -0.2) is 4.79 Å². The molecule has 2 fully saturated rings. The van der Waals surface area contributed by atoms with Gasteiger partial charge in [-0.3, -0.25) is 9.59 Å². The molecule has 134 valence electrons. The Morgan fingerprint density at radius 1 is 1.28 bits per heavy atom. The van der Waals surface area contributed by atoms with Crippen LogP contribution in [0.4, 0.5) is 4.79 Å². The number of hydrogen-bond donors (Lipinski definition) is 1. The highest BCUT2D eigenvalue weighted by atomic mass is 35.5. The van der Waals surface area contributed by atoms with Gasteiger partial charge in [0.1, 0.15) is 12.6 Å². The van der Waals surface area contributed by atoms with Crippen LogP contribution in [0.15, 0.2) is 24.3 Å². The number of fused-ring (bicyclic) bond motifs is 1. The normalized spacial score (nSPS) is 23.1. The molecule has 2 atom stereocenters. The van der Waals surface area contributed by atoms with E-state index >= 15 is 0 Å². The Labute approximate surface area is 151 Å². The zero-order chi connectivity index (χ0) is 18.1. The number of nitrogens with zero attached hydrogens (tertiary/aromatic N) is 3. The number of rotatable bonds is 4. The summed E-state index contributed by atoms with van der Waals surface area (Å²) in [6, 6.07) is 6.46. The van der Waals surface area contributed by atoms with Crippen molar-refractivity contribution in [1.82, 2.24) is 20.0 Å². The summed E-state index contributed by atoms with van der Waals surface area (Å²) >= 11 is 6.07. The van der Waals surface area contributed by atoms with E-state index in [0.717, 1.165) is 5.56 Å². The van der Waals surface area contributed by atoms with Crippen molar-refractivity contribution in [3.8, 4) is 0 Å². The summed E-state index contributed by atoms with van der Waals surface area (Å²) in [4.78, 5) is 41.5. The number of amides is 4. The summed E-state index contributed by atoms with van der Waals surface area (Å²) < 4.78 is 0. The molecule has 0 saturated carbocycles. The van der Waals surface area contributed by atoms with E-state index in [2.05, 4.69) is 5.32 Å². The molecule has 1 aromatic rings. The van der Waals surface area contributed by atoms with Crippen molar-refractivity contribution in [2.75, 3.05) is 26.7 Å². The highest BCUT2D eigenvalue weighted by Crippen LogP contribution is 2.24. The molecule has 4 amide bonds. The molecule has 1 aromatic carbocycles. The summed E-state index contributed by atoms with van der Waals surface area (Å²) in [5.41, 5.74) is 0.823. The molecule has 2 aliphatic heterocycles. The van der Waals surface area contributed by atoms with Crippen molar-refractivity contribution in [3.05, 3.63) is 34.9 Å². The van der Waals surface area contributed by atoms with Crippen LogP contribution in [0.5, 0.6) is 0 Å². The number of urea groups is 1. The minimum absolute atomic E-state index is 0.0269. The van der Waals surface area contributed by atoms with Crippen molar-refractivity contribution in [2.24, 2.45) is 0 Å². The van der Waals surface area contributed by atoms with Gasteiger partial charge >= 0.3 is 6.03 Å². The summed E-state index contributed by atoms with van der Waals surface area (Å²) in [5, 5.41) is 3.37. The molecule has 8 heteroatoms. The van der Waals surface area contributed by atoms with Crippen LogP contribution in [-0.2, 0) is 16.1 Å². The molecule has 0 bridgehead atoms. The van der Waals surface area contributed by atoms with E-state index < -0.39 is 6.04 Å². The van der Waals surface area contributed by atoms with Gasteiger partial charge in [0.15, 0.2) is 0 Å². The van der Waals surface area contributed by atoms with Crippen molar-refractivity contribution in [3.63, 3.8) is 0 Å². The van der Waals surface area contributed by atoms with Crippen LogP contribution in [-0.4, -0.2) is 71.3 Å². The van der Waals surface area contributed by atoms with E-state index in [1.807, 2.05) is 18.2 Å². The first-order valence-corrected chi connectivity index (χ1v) is 8.58. The maximum Gasteiger partial charge on any atom is 0.321 e. The lowest BCUT2D eigenvalue weighted by Gasteiger charge is -2.38. The molecule has 0 radical (unpaired) electrons. The number of piperazine rings is 1. The third-order valence-electron chi connectivity index (χ3n) is 4.72. The zero-order valence-corrected chi connectivity index (χ0v) is 15.0. The summed E-state index contributed by atoms with van der Waals surface area (Å²) in [6.45, 7) is 2.95. The van der Waals surface area contributed by atoms with Gasteiger partial charge < -0.3 is 20.0 Å². The summed E-state index contributed by atoms with van der Waals surface area (Å²) in [7, 11) is 1.74. The summed E-state index contributed by atoms with van der Waals surface area (Å²) in [6.07, 6.45) is 0. The Hall–Kier alpha value is -2.28. The predicted molar refractivity (Wildman–Crippen MR) is 93.0 cm³/mol. The Morgan fingerprint density at radius 3 is 2.72 bits per heavy atom. The molecule has 2 heterocycles. The van der Waals surface area contributed by atoms with Crippen LogP contribution in [0.3, 0.4) is 0 Å². The minimum Gasteiger partial charge on any atom is -0.350 e. The molecule has 0 unspecified atom stereocenters. The number of halogens is 1. The lowest BCUT2D eigenvalue weighted by molar-refractivity contribution is -0.139. The quantitative estimate of drug-likeness (QED) is 0.863. The third kappa shape index (κ3) is 3.42. The maximum atomic E-state index is 12.5. The average molecular weight is 365 g/mol. The van der Waals surface area contributed by atoms with Crippen LogP contribution in [0, 0.1) is 0 Å². The van der Waals surface area contributed by atoms with Crippen LogP contribution in [0.2, 0.25) is 5.02 Å². The number of likely N-dealkylation sites (N-methyl/N-ethyl adjacent to an activating group) is 1. The third-order valence-corrected chi connectivity index (χ3v) is 5.09. The minimum atomic E-state index is -0.493. The molecular weight excluding hydrogens is 344 g/mol. The van der Waals surface area contributed by atoms with Crippen molar-refractivity contribution in [1.29, 1.82) is 0 Å². The SMILES string of the molecule is C[C@H]1C(=O)N(C)C[C@@H]2CN(CC(=O)NCc3ccccc3Cl)C(=O)N21. The first kappa shape index (κ1) is 17.5. The predicted octanol–water partition coefficient (Wildman–Crippen LogP) is 0.923. The Balaban J connectivity index is 1.58. The van der Waals surface area contributed by atoms with Gasteiger partial charge in [0.2, 0.25) is 11.8 Å². The highest BCUT2D eigenvalue weighted by molar-refractivity contribution is 6.31. The van der Waals surface area contributed by atoms with Crippen LogP contribution < -0.4 is 5.32 Å². The van der Waals surface area contributed by atoms with Gasteiger partial charge in [0.25, 0.3) is 0 Å². The Morgan fingerprint density at radius 2 is 2.00 bits per heavy atom. The molecule has 3 rings (SSSR count). The number of benzene rings is 1. The van der Waals surface area contributed by atoms with E-state index in [-0.39, 0.29) is 30.4 Å². The molecule has 0 aliphatic carbocycles. The highest BCUT2D eigenvalue weighted by Gasteiger charge is 2.47. The smallest absolute Gasteiger partial charge is 0.321 e. The first-order chi connectivity index (χ1) is 11.9. The van der Waals surface area contributed by atoms with E-state index in [1.54, 1.807) is 29.8 Å². The molecule has 2 aliphatic rings. The van der Waals surface area contributed by atoms with E-state index in [0.29, 0.717) is 24.7 Å². The second kappa shape index (κ2) is 6.92. The molecule has 25 heavy (non-hydrogen) atoms. The van der Waals surface area contributed by atoms with Gasteiger partial charge in [0, 0.05) is 31.7 Å². The standard InChI is InChI=1S/C17H21ClN4O3/c1-11-16(24)20(2)8-13-9-21(17(25)22(11)13)10-15(23)19-7-12-5-3-4-6-14(12)18/h3-6,11,13H,7-10H2,1-2H3,(H,19,23)/t11-,13+/m0/s1. The Kier molecular flexibility index (Phi) is 4.85. The number of hydrogen-bond acceptors (Lipinski definition) is 3. The number of carbonyl (C=O) groups excluding carboxylic acids is 3. The Bertz CT molecular complexity index is 711. The van der Waals surface area contributed by atoms with E-state index in [1.165, 1.54) is 4.90 Å². The number of carbonyl (C=O) groups is 3. The molecular formula is C17H21ClN4O3. The van der Waals surface area contributed by atoms with Crippen LogP contribution >= 0.6 is 11.6 Å². The largest absolute Gasteiger partial charge is 0.350 e. The lowest BCUT2D eigenvalue weighted by atomic mass is 10.1.